The molecule has 0 aliphatic heterocycles. The lowest BCUT2D eigenvalue weighted by molar-refractivity contribution is -0.137. The molecule has 0 saturated heterocycles. The zero-order chi connectivity index (χ0) is 21.2. The highest BCUT2D eigenvalue weighted by atomic mass is 32.2. The standard InChI is InChI=1S/C22H24N2O4S/c1-15-9-10-20-19(12-15)22(16(2)24(20)14-21(25)26)29(27,28)11-5-8-17-6-3-4-7-18(17)13-23/h3-10,12H,11,13-14,23H2,1-2H3,(H,25,26). The SMILES string of the molecule is Cc1ccc2c(c1)c(S(=O)(=O)CC=Cc1ccccc1CN)c(C)n2CC(=O)O. The summed E-state index contributed by atoms with van der Waals surface area (Å²) in [6.45, 7) is 3.61. The van der Waals surface area contributed by atoms with Gasteiger partial charge in [-0.05, 0) is 37.1 Å². The highest BCUT2D eigenvalue weighted by Crippen LogP contribution is 2.31. The fraction of sp³-hybridized carbons (Fsp3) is 0.227. The van der Waals surface area contributed by atoms with E-state index in [2.05, 4.69) is 0 Å². The molecule has 6 nitrogen and oxygen atoms in total. The molecule has 0 atom stereocenters. The average molecular weight is 413 g/mol. The third-order valence-electron chi connectivity index (χ3n) is 4.91. The van der Waals surface area contributed by atoms with Gasteiger partial charge in [0.05, 0.1) is 16.2 Å². The second-order valence-corrected chi connectivity index (χ2v) is 8.97. The number of hydrogen-bond donors (Lipinski definition) is 2. The van der Waals surface area contributed by atoms with E-state index < -0.39 is 15.8 Å². The molecule has 29 heavy (non-hydrogen) atoms. The first-order valence-corrected chi connectivity index (χ1v) is 10.9. The van der Waals surface area contributed by atoms with Crippen molar-refractivity contribution in [3.63, 3.8) is 0 Å². The van der Waals surface area contributed by atoms with Crippen LogP contribution in [0.15, 0.2) is 53.4 Å². The quantitative estimate of drug-likeness (QED) is 0.620. The molecule has 7 heteroatoms. The van der Waals surface area contributed by atoms with E-state index in [1.807, 2.05) is 37.3 Å². The number of hydrogen-bond acceptors (Lipinski definition) is 4. The molecule has 2 aromatic carbocycles. The molecule has 0 bridgehead atoms. The summed E-state index contributed by atoms with van der Waals surface area (Å²) < 4.78 is 27.9. The van der Waals surface area contributed by atoms with Crippen LogP contribution in [0.25, 0.3) is 17.0 Å². The molecular formula is C22H24N2O4S. The van der Waals surface area contributed by atoms with E-state index in [0.717, 1.165) is 16.7 Å². The molecule has 0 saturated carbocycles. The summed E-state index contributed by atoms with van der Waals surface area (Å²) >= 11 is 0. The maximum Gasteiger partial charge on any atom is 0.323 e. The predicted octanol–water partition coefficient (Wildman–Crippen LogP) is 3.29. The van der Waals surface area contributed by atoms with Gasteiger partial charge in [0.2, 0.25) is 0 Å². The van der Waals surface area contributed by atoms with Gasteiger partial charge >= 0.3 is 5.97 Å². The molecule has 0 amide bonds. The molecule has 1 heterocycles. The summed E-state index contributed by atoms with van der Waals surface area (Å²) in [7, 11) is -3.67. The largest absolute Gasteiger partial charge is 0.480 e. The van der Waals surface area contributed by atoms with Crippen LogP contribution in [0, 0.1) is 13.8 Å². The average Bonchev–Trinajstić information content (AvgIpc) is 2.93. The van der Waals surface area contributed by atoms with Gasteiger partial charge in [0.15, 0.2) is 9.84 Å². The first kappa shape index (κ1) is 20.8. The Kier molecular flexibility index (Phi) is 5.91. The highest BCUT2D eigenvalue weighted by molar-refractivity contribution is 7.91. The summed E-state index contributed by atoms with van der Waals surface area (Å²) in [5.41, 5.74) is 9.50. The monoisotopic (exact) mass is 412 g/mol. The van der Waals surface area contributed by atoms with Crippen LogP contribution in [-0.4, -0.2) is 29.8 Å². The van der Waals surface area contributed by atoms with Crippen LogP contribution >= 0.6 is 0 Å². The smallest absolute Gasteiger partial charge is 0.323 e. The van der Waals surface area contributed by atoms with Crippen LogP contribution < -0.4 is 5.73 Å². The lowest BCUT2D eigenvalue weighted by atomic mass is 10.1. The van der Waals surface area contributed by atoms with E-state index >= 15 is 0 Å². The van der Waals surface area contributed by atoms with Gasteiger partial charge in [-0.2, -0.15) is 0 Å². The number of carbonyl (C=O) groups is 1. The van der Waals surface area contributed by atoms with Crippen molar-refractivity contribution in [2.75, 3.05) is 5.75 Å². The first-order chi connectivity index (χ1) is 13.7. The zero-order valence-electron chi connectivity index (χ0n) is 16.4. The topological polar surface area (TPSA) is 102 Å². The summed E-state index contributed by atoms with van der Waals surface area (Å²) in [4.78, 5) is 11.5. The second kappa shape index (κ2) is 8.23. The molecule has 3 rings (SSSR count). The molecule has 3 N–H and O–H groups in total. The van der Waals surface area contributed by atoms with Crippen molar-refractivity contribution in [3.05, 3.63) is 70.9 Å². The van der Waals surface area contributed by atoms with Gasteiger partial charge in [-0.3, -0.25) is 4.79 Å². The minimum absolute atomic E-state index is 0.188. The lowest BCUT2D eigenvalue weighted by Crippen LogP contribution is -2.12. The van der Waals surface area contributed by atoms with Crippen LogP contribution in [0.2, 0.25) is 0 Å². The van der Waals surface area contributed by atoms with E-state index in [1.54, 1.807) is 31.2 Å². The third-order valence-corrected chi connectivity index (χ3v) is 6.68. The Morgan fingerprint density at radius 2 is 1.90 bits per heavy atom. The van der Waals surface area contributed by atoms with Crippen molar-refractivity contribution >= 4 is 32.8 Å². The van der Waals surface area contributed by atoms with Gasteiger partial charge in [0.25, 0.3) is 0 Å². The number of carboxylic acid groups (broad SMARTS) is 1. The Balaban J connectivity index is 2.04. The fourth-order valence-electron chi connectivity index (χ4n) is 3.56. The second-order valence-electron chi connectivity index (χ2n) is 7.00. The number of benzene rings is 2. The molecular weight excluding hydrogens is 388 g/mol. The third kappa shape index (κ3) is 4.26. The van der Waals surface area contributed by atoms with Crippen LogP contribution in [0.3, 0.4) is 0 Å². The van der Waals surface area contributed by atoms with Gasteiger partial charge in [0, 0.05) is 17.6 Å². The van der Waals surface area contributed by atoms with Crippen molar-refractivity contribution in [3.8, 4) is 0 Å². The van der Waals surface area contributed by atoms with Gasteiger partial charge in [-0.1, -0.05) is 48.0 Å². The zero-order valence-corrected chi connectivity index (χ0v) is 17.2. The van der Waals surface area contributed by atoms with Crippen LogP contribution in [0.5, 0.6) is 0 Å². The minimum Gasteiger partial charge on any atom is -0.480 e. The Labute approximate surface area is 170 Å². The highest BCUT2D eigenvalue weighted by Gasteiger charge is 2.25. The number of aromatic nitrogens is 1. The van der Waals surface area contributed by atoms with E-state index in [0.29, 0.717) is 23.1 Å². The van der Waals surface area contributed by atoms with E-state index in [1.165, 1.54) is 4.57 Å². The number of fused-ring (bicyclic) bond motifs is 1. The number of rotatable bonds is 7. The van der Waals surface area contributed by atoms with Crippen molar-refractivity contribution in [1.29, 1.82) is 0 Å². The molecule has 0 spiro atoms. The normalized spacial score (nSPS) is 12.1. The maximum atomic E-state index is 13.2. The Bertz CT molecular complexity index is 1210. The molecule has 0 aliphatic carbocycles. The molecule has 152 valence electrons. The molecule has 3 aromatic rings. The molecule has 1 aromatic heterocycles. The number of sulfone groups is 1. The van der Waals surface area contributed by atoms with Crippen molar-refractivity contribution in [2.45, 2.75) is 31.8 Å². The number of carboxylic acids is 1. The molecule has 0 fully saturated rings. The Hall–Kier alpha value is -2.90. The fourth-order valence-corrected chi connectivity index (χ4v) is 5.14. The van der Waals surface area contributed by atoms with E-state index in [9.17, 15) is 18.3 Å². The Morgan fingerprint density at radius 1 is 1.17 bits per heavy atom. The van der Waals surface area contributed by atoms with Crippen LogP contribution in [0.4, 0.5) is 0 Å². The Morgan fingerprint density at radius 3 is 2.59 bits per heavy atom. The molecule has 0 radical (unpaired) electrons. The minimum atomic E-state index is -3.67. The summed E-state index contributed by atoms with van der Waals surface area (Å²) in [5, 5.41) is 9.80. The first-order valence-electron chi connectivity index (χ1n) is 9.23. The summed E-state index contributed by atoms with van der Waals surface area (Å²) in [6, 6.07) is 13.0. The number of aryl methyl sites for hydroxylation is 1. The van der Waals surface area contributed by atoms with Gasteiger partial charge in [0.1, 0.15) is 6.54 Å². The van der Waals surface area contributed by atoms with Crippen LogP contribution in [0.1, 0.15) is 22.4 Å². The van der Waals surface area contributed by atoms with Crippen LogP contribution in [-0.2, 0) is 27.7 Å². The van der Waals surface area contributed by atoms with Crippen molar-refractivity contribution < 1.29 is 18.3 Å². The summed E-state index contributed by atoms with van der Waals surface area (Å²) in [6.07, 6.45) is 3.37. The number of aliphatic carboxylic acids is 1. The summed E-state index contributed by atoms with van der Waals surface area (Å²) in [5.74, 6) is -1.21. The van der Waals surface area contributed by atoms with Gasteiger partial charge < -0.3 is 15.4 Å². The number of nitrogens with two attached hydrogens (primary N) is 1. The van der Waals surface area contributed by atoms with E-state index in [-0.39, 0.29) is 17.2 Å². The van der Waals surface area contributed by atoms with Gasteiger partial charge in [-0.15, -0.1) is 0 Å². The van der Waals surface area contributed by atoms with E-state index in [4.69, 9.17) is 5.73 Å². The van der Waals surface area contributed by atoms with Crippen molar-refractivity contribution in [1.82, 2.24) is 4.57 Å². The van der Waals surface area contributed by atoms with Crippen molar-refractivity contribution in [2.24, 2.45) is 5.73 Å². The predicted molar refractivity (Wildman–Crippen MR) is 114 cm³/mol. The van der Waals surface area contributed by atoms with Gasteiger partial charge in [-0.25, -0.2) is 8.42 Å². The maximum absolute atomic E-state index is 13.2. The number of nitrogens with zero attached hydrogens (tertiary/aromatic N) is 1. The molecule has 0 unspecified atom stereocenters. The molecule has 0 aliphatic rings. The lowest BCUT2D eigenvalue weighted by Gasteiger charge is -2.06.